The largest absolute Gasteiger partial charge is 0.401 e. The second-order valence-electron chi connectivity index (χ2n) is 5.30. The third kappa shape index (κ3) is 3.82. The molecule has 2 rings (SSSR count). The molecule has 2 heterocycles. The van der Waals surface area contributed by atoms with Crippen LogP contribution in [0.5, 0.6) is 0 Å². The second kappa shape index (κ2) is 6.15. The molecule has 118 valence electrons. The Bertz CT molecular complexity index is 495. The Morgan fingerprint density at radius 3 is 2.24 bits per heavy atom. The van der Waals surface area contributed by atoms with Gasteiger partial charge in [0.25, 0.3) is 0 Å². The van der Waals surface area contributed by atoms with E-state index < -0.39 is 12.7 Å². The van der Waals surface area contributed by atoms with Gasteiger partial charge in [-0.3, -0.25) is 4.90 Å². The highest BCUT2D eigenvalue weighted by Crippen LogP contribution is 2.24. The monoisotopic (exact) mass is 303 g/mol. The van der Waals surface area contributed by atoms with Crippen LogP contribution in [-0.4, -0.2) is 54.0 Å². The number of nitrogens with two attached hydrogens (primary N) is 1. The summed E-state index contributed by atoms with van der Waals surface area (Å²) in [6, 6.07) is 0. The average molecular weight is 303 g/mol. The van der Waals surface area contributed by atoms with Gasteiger partial charge in [-0.15, -0.1) is 5.10 Å². The zero-order chi connectivity index (χ0) is 15.6. The minimum Gasteiger partial charge on any atom is -0.352 e. The van der Waals surface area contributed by atoms with E-state index in [0.717, 1.165) is 16.8 Å². The van der Waals surface area contributed by atoms with Gasteiger partial charge < -0.3 is 10.6 Å². The topological polar surface area (TPSA) is 58.3 Å². The summed E-state index contributed by atoms with van der Waals surface area (Å²) in [4.78, 5) is 3.38. The molecule has 0 bridgehead atoms. The standard InChI is InChI=1S/C13H20F3N5/c1-9-10(2)18-19-12(11(9)7-17)21-5-3-20(4-6-21)8-13(14,15)16/h3-8,17H2,1-2H3. The van der Waals surface area contributed by atoms with Gasteiger partial charge in [0.2, 0.25) is 0 Å². The number of piperazine rings is 1. The highest BCUT2D eigenvalue weighted by molar-refractivity contribution is 5.51. The van der Waals surface area contributed by atoms with Crippen molar-refractivity contribution in [3.05, 3.63) is 16.8 Å². The SMILES string of the molecule is Cc1nnc(N2CCN(CC(F)(F)F)CC2)c(CN)c1C. The van der Waals surface area contributed by atoms with E-state index in [9.17, 15) is 13.2 Å². The maximum absolute atomic E-state index is 12.4. The quantitative estimate of drug-likeness (QED) is 0.910. The zero-order valence-corrected chi connectivity index (χ0v) is 12.2. The number of anilines is 1. The maximum Gasteiger partial charge on any atom is 0.401 e. The number of hydrogen-bond acceptors (Lipinski definition) is 5. The van der Waals surface area contributed by atoms with Crippen molar-refractivity contribution >= 4 is 5.82 Å². The lowest BCUT2D eigenvalue weighted by Gasteiger charge is -2.36. The van der Waals surface area contributed by atoms with E-state index in [1.54, 1.807) is 0 Å². The van der Waals surface area contributed by atoms with Crippen molar-refractivity contribution < 1.29 is 13.2 Å². The van der Waals surface area contributed by atoms with Gasteiger partial charge in [-0.25, -0.2) is 0 Å². The Labute approximate surface area is 121 Å². The van der Waals surface area contributed by atoms with E-state index in [4.69, 9.17) is 5.73 Å². The molecule has 0 aliphatic carbocycles. The van der Waals surface area contributed by atoms with Crippen LogP contribution in [0.4, 0.5) is 19.0 Å². The Kier molecular flexibility index (Phi) is 4.67. The third-order valence-corrected chi connectivity index (χ3v) is 3.84. The van der Waals surface area contributed by atoms with Crippen LogP contribution in [0.2, 0.25) is 0 Å². The van der Waals surface area contributed by atoms with Crippen LogP contribution in [0.3, 0.4) is 0 Å². The fraction of sp³-hybridized carbons (Fsp3) is 0.692. The van der Waals surface area contributed by atoms with Crippen LogP contribution >= 0.6 is 0 Å². The fourth-order valence-corrected chi connectivity index (χ4v) is 2.51. The van der Waals surface area contributed by atoms with E-state index in [1.165, 1.54) is 4.90 Å². The number of alkyl halides is 3. The van der Waals surface area contributed by atoms with Crippen molar-refractivity contribution in [3.8, 4) is 0 Å². The van der Waals surface area contributed by atoms with Gasteiger partial charge in [0.05, 0.1) is 12.2 Å². The lowest BCUT2D eigenvalue weighted by molar-refractivity contribution is -0.146. The molecular weight excluding hydrogens is 283 g/mol. The highest BCUT2D eigenvalue weighted by Gasteiger charge is 2.32. The minimum atomic E-state index is -4.15. The first-order valence-electron chi connectivity index (χ1n) is 6.88. The molecule has 0 spiro atoms. The molecule has 1 saturated heterocycles. The molecule has 0 radical (unpaired) electrons. The van der Waals surface area contributed by atoms with E-state index in [-0.39, 0.29) is 0 Å². The van der Waals surface area contributed by atoms with E-state index in [1.807, 2.05) is 18.7 Å². The summed E-state index contributed by atoms with van der Waals surface area (Å²) in [7, 11) is 0. The summed E-state index contributed by atoms with van der Waals surface area (Å²) < 4.78 is 37.1. The minimum absolute atomic E-state index is 0.348. The lowest BCUT2D eigenvalue weighted by atomic mass is 10.1. The Balaban J connectivity index is 2.08. The van der Waals surface area contributed by atoms with Crippen LogP contribution < -0.4 is 10.6 Å². The highest BCUT2D eigenvalue weighted by atomic mass is 19.4. The van der Waals surface area contributed by atoms with Gasteiger partial charge in [0.15, 0.2) is 5.82 Å². The van der Waals surface area contributed by atoms with E-state index in [2.05, 4.69) is 10.2 Å². The van der Waals surface area contributed by atoms with Crippen molar-refractivity contribution in [1.29, 1.82) is 0 Å². The summed E-state index contributed by atoms with van der Waals surface area (Å²) in [5.74, 6) is 0.701. The van der Waals surface area contributed by atoms with Crippen LogP contribution in [0, 0.1) is 13.8 Å². The predicted octanol–water partition coefficient (Wildman–Crippen LogP) is 1.24. The summed E-state index contributed by atoms with van der Waals surface area (Å²) in [6.07, 6.45) is -4.15. The summed E-state index contributed by atoms with van der Waals surface area (Å²) in [5, 5.41) is 8.29. The lowest BCUT2D eigenvalue weighted by Crippen LogP contribution is -2.49. The smallest absolute Gasteiger partial charge is 0.352 e. The summed E-state index contributed by atoms with van der Waals surface area (Å²) in [5.41, 5.74) is 8.54. The molecule has 0 aromatic carbocycles. The average Bonchev–Trinajstić information content (AvgIpc) is 2.41. The first kappa shape index (κ1) is 16.0. The van der Waals surface area contributed by atoms with Crippen molar-refractivity contribution in [2.45, 2.75) is 26.6 Å². The molecule has 0 atom stereocenters. The van der Waals surface area contributed by atoms with Gasteiger partial charge in [-0.2, -0.15) is 18.3 Å². The van der Waals surface area contributed by atoms with Crippen molar-refractivity contribution in [2.75, 3.05) is 37.6 Å². The molecule has 0 amide bonds. The molecule has 1 aromatic heterocycles. The normalized spacial score (nSPS) is 17.3. The Hall–Kier alpha value is -1.41. The fourth-order valence-electron chi connectivity index (χ4n) is 2.51. The molecule has 0 unspecified atom stereocenters. The van der Waals surface area contributed by atoms with Gasteiger partial charge in [0, 0.05) is 38.3 Å². The number of hydrogen-bond donors (Lipinski definition) is 1. The molecule has 1 fully saturated rings. The maximum atomic E-state index is 12.4. The van der Waals surface area contributed by atoms with Gasteiger partial charge in [-0.05, 0) is 19.4 Å². The number of rotatable bonds is 3. The van der Waals surface area contributed by atoms with Crippen LogP contribution in [0.15, 0.2) is 0 Å². The number of nitrogens with zero attached hydrogens (tertiary/aromatic N) is 4. The van der Waals surface area contributed by atoms with Crippen molar-refractivity contribution in [3.63, 3.8) is 0 Å². The molecule has 1 aliphatic rings. The molecule has 1 aromatic rings. The van der Waals surface area contributed by atoms with Crippen LogP contribution in [-0.2, 0) is 6.54 Å². The molecule has 2 N–H and O–H groups in total. The summed E-state index contributed by atoms with van der Waals surface area (Å²) >= 11 is 0. The van der Waals surface area contributed by atoms with Gasteiger partial charge in [0.1, 0.15) is 0 Å². The third-order valence-electron chi connectivity index (χ3n) is 3.84. The van der Waals surface area contributed by atoms with Crippen LogP contribution in [0.1, 0.15) is 16.8 Å². The molecule has 0 saturated carbocycles. The van der Waals surface area contributed by atoms with E-state index in [0.29, 0.717) is 38.5 Å². The first-order valence-corrected chi connectivity index (χ1v) is 6.88. The molecule has 5 nitrogen and oxygen atoms in total. The summed E-state index contributed by atoms with van der Waals surface area (Å²) in [6.45, 7) is 5.02. The number of halogens is 3. The van der Waals surface area contributed by atoms with E-state index >= 15 is 0 Å². The molecule has 21 heavy (non-hydrogen) atoms. The molecular formula is C13H20F3N5. The second-order valence-corrected chi connectivity index (χ2v) is 5.30. The van der Waals surface area contributed by atoms with Crippen LogP contribution in [0.25, 0.3) is 0 Å². The number of aryl methyl sites for hydroxylation is 1. The van der Waals surface area contributed by atoms with Crippen molar-refractivity contribution in [1.82, 2.24) is 15.1 Å². The van der Waals surface area contributed by atoms with Gasteiger partial charge >= 0.3 is 6.18 Å². The van der Waals surface area contributed by atoms with Gasteiger partial charge in [-0.1, -0.05) is 0 Å². The predicted molar refractivity (Wildman–Crippen MR) is 74.1 cm³/mol. The Morgan fingerprint density at radius 2 is 1.71 bits per heavy atom. The Morgan fingerprint density at radius 1 is 1.10 bits per heavy atom. The zero-order valence-electron chi connectivity index (χ0n) is 12.2. The first-order chi connectivity index (χ1) is 9.81. The molecule has 8 heteroatoms. The number of aromatic nitrogens is 2. The van der Waals surface area contributed by atoms with Crippen molar-refractivity contribution in [2.24, 2.45) is 5.73 Å². The molecule has 1 aliphatic heterocycles.